The molecule has 1 aromatic carbocycles. The van der Waals surface area contributed by atoms with E-state index in [1.807, 2.05) is 13.1 Å². The van der Waals surface area contributed by atoms with E-state index in [4.69, 9.17) is 4.74 Å². The zero-order valence-electron chi connectivity index (χ0n) is 11.7. The minimum Gasteiger partial charge on any atom is -0.491 e. The molecule has 2 nitrogen and oxygen atoms in total. The third-order valence-corrected chi connectivity index (χ3v) is 3.14. The summed E-state index contributed by atoms with van der Waals surface area (Å²) in [5.74, 6) is 1.60. The molecular formula is C15H25NO. The van der Waals surface area contributed by atoms with Crippen molar-refractivity contribution in [1.29, 1.82) is 0 Å². The average molecular weight is 235 g/mol. The number of benzene rings is 1. The van der Waals surface area contributed by atoms with Crippen LogP contribution < -0.4 is 10.1 Å². The molecule has 0 aliphatic rings. The quantitative estimate of drug-likeness (QED) is 0.810. The Bertz CT molecular complexity index is 335. The molecule has 0 spiro atoms. The molecule has 0 saturated carbocycles. The fourth-order valence-corrected chi connectivity index (χ4v) is 2.08. The molecule has 0 aliphatic heterocycles. The Morgan fingerprint density at radius 2 is 1.82 bits per heavy atom. The van der Waals surface area contributed by atoms with Crippen LogP contribution in [0.15, 0.2) is 24.3 Å². The average Bonchev–Trinajstić information content (AvgIpc) is 2.31. The van der Waals surface area contributed by atoms with Gasteiger partial charge < -0.3 is 10.1 Å². The highest BCUT2D eigenvalue weighted by Crippen LogP contribution is 2.31. The van der Waals surface area contributed by atoms with Crippen molar-refractivity contribution < 1.29 is 4.74 Å². The summed E-state index contributed by atoms with van der Waals surface area (Å²) in [5.41, 5.74) is 1.26. The van der Waals surface area contributed by atoms with E-state index in [1.54, 1.807) is 0 Å². The molecule has 0 fully saturated rings. The second kappa shape index (κ2) is 6.65. The van der Waals surface area contributed by atoms with E-state index in [9.17, 15) is 0 Å². The van der Waals surface area contributed by atoms with Crippen molar-refractivity contribution >= 4 is 0 Å². The first-order valence-corrected chi connectivity index (χ1v) is 6.53. The lowest BCUT2D eigenvalue weighted by Gasteiger charge is -2.25. The van der Waals surface area contributed by atoms with Crippen molar-refractivity contribution in [2.45, 2.75) is 46.3 Å². The monoisotopic (exact) mass is 235 g/mol. The Kier molecular flexibility index (Phi) is 5.49. The third-order valence-electron chi connectivity index (χ3n) is 3.14. The summed E-state index contributed by atoms with van der Waals surface area (Å²) >= 11 is 0. The van der Waals surface area contributed by atoms with Crippen LogP contribution in [0.1, 0.15) is 45.7 Å². The van der Waals surface area contributed by atoms with E-state index < -0.39 is 0 Å². The van der Waals surface area contributed by atoms with Gasteiger partial charge in [-0.2, -0.15) is 0 Å². The van der Waals surface area contributed by atoms with Gasteiger partial charge in [-0.25, -0.2) is 0 Å². The maximum absolute atomic E-state index is 5.88. The summed E-state index contributed by atoms with van der Waals surface area (Å²) in [6.07, 6.45) is 1.37. The highest BCUT2D eigenvalue weighted by atomic mass is 16.5. The van der Waals surface area contributed by atoms with Gasteiger partial charge in [0.05, 0.1) is 6.10 Å². The van der Waals surface area contributed by atoms with Crippen LogP contribution in [0.3, 0.4) is 0 Å². The summed E-state index contributed by atoms with van der Waals surface area (Å²) < 4.78 is 5.88. The van der Waals surface area contributed by atoms with E-state index in [0.717, 1.165) is 12.2 Å². The zero-order valence-corrected chi connectivity index (χ0v) is 11.7. The number of ether oxygens (including phenoxy) is 1. The van der Waals surface area contributed by atoms with Gasteiger partial charge in [0.2, 0.25) is 0 Å². The van der Waals surface area contributed by atoms with Crippen molar-refractivity contribution in [2.75, 3.05) is 7.05 Å². The van der Waals surface area contributed by atoms with Gasteiger partial charge in [0.25, 0.3) is 0 Å². The van der Waals surface area contributed by atoms with Gasteiger partial charge in [-0.15, -0.1) is 0 Å². The molecular weight excluding hydrogens is 210 g/mol. The lowest BCUT2D eigenvalue weighted by Crippen LogP contribution is -2.24. The first kappa shape index (κ1) is 14.0. The lowest BCUT2D eigenvalue weighted by molar-refractivity contribution is 0.235. The first-order chi connectivity index (χ1) is 8.10. The highest BCUT2D eigenvalue weighted by molar-refractivity contribution is 5.36. The number of nitrogens with one attached hydrogen (secondary N) is 1. The molecule has 0 bridgehead atoms. The van der Waals surface area contributed by atoms with Crippen molar-refractivity contribution in [1.82, 2.24) is 5.32 Å². The summed E-state index contributed by atoms with van der Waals surface area (Å²) in [6, 6.07) is 8.68. The Morgan fingerprint density at radius 1 is 1.18 bits per heavy atom. The maximum Gasteiger partial charge on any atom is 0.124 e. The minimum absolute atomic E-state index is 0.214. The Labute approximate surface area is 105 Å². The van der Waals surface area contributed by atoms with Gasteiger partial charge in [0, 0.05) is 11.6 Å². The lowest BCUT2D eigenvalue weighted by atomic mass is 9.92. The van der Waals surface area contributed by atoms with Crippen LogP contribution in [0.5, 0.6) is 5.75 Å². The zero-order chi connectivity index (χ0) is 12.8. The van der Waals surface area contributed by atoms with E-state index in [1.165, 1.54) is 5.56 Å². The van der Waals surface area contributed by atoms with Crippen molar-refractivity contribution in [3.63, 3.8) is 0 Å². The van der Waals surface area contributed by atoms with E-state index in [0.29, 0.717) is 12.0 Å². The van der Waals surface area contributed by atoms with Crippen molar-refractivity contribution in [3.05, 3.63) is 29.8 Å². The molecule has 2 unspecified atom stereocenters. The Hall–Kier alpha value is -1.02. The predicted molar refractivity (Wildman–Crippen MR) is 73.5 cm³/mol. The fourth-order valence-electron chi connectivity index (χ4n) is 2.08. The third kappa shape index (κ3) is 3.74. The number of hydrogen-bond acceptors (Lipinski definition) is 2. The van der Waals surface area contributed by atoms with E-state index in [2.05, 4.69) is 51.2 Å². The van der Waals surface area contributed by atoms with Gasteiger partial charge in [-0.3, -0.25) is 0 Å². The molecule has 1 rings (SSSR count). The summed E-state index contributed by atoms with van der Waals surface area (Å²) in [7, 11) is 2.02. The predicted octanol–water partition coefficient (Wildman–Crippen LogP) is 3.78. The second-order valence-electron chi connectivity index (χ2n) is 4.86. The smallest absolute Gasteiger partial charge is 0.124 e. The van der Waals surface area contributed by atoms with E-state index in [-0.39, 0.29) is 6.10 Å². The van der Waals surface area contributed by atoms with Gasteiger partial charge in [-0.05, 0) is 32.9 Å². The topological polar surface area (TPSA) is 21.3 Å². The second-order valence-corrected chi connectivity index (χ2v) is 4.86. The maximum atomic E-state index is 5.88. The van der Waals surface area contributed by atoms with Gasteiger partial charge >= 0.3 is 0 Å². The van der Waals surface area contributed by atoms with Crippen LogP contribution >= 0.6 is 0 Å². The van der Waals surface area contributed by atoms with Crippen molar-refractivity contribution in [3.8, 4) is 5.75 Å². The van der Waals surface area contributed by atoms with Gasteiger partial charge in [0.1, 0.15) is 5.75 Å². The van der Waals surface area contributed by atoms with Crippen LogP contribution in [-0.4, -0.2) is 13.2 Å². The van der Waals surface area contributed by atoms with Gasteiger partial charge in [-0.1, -0.05) is 38.5 Å². The number of para-hydroxylation sites is 1. The standard InChI is InChI=1S/C15H25NO/c1-6-12(4)15(16-5)13-9-7-8-10-14(13)17-11(2)3/h7-12,15-16H,6H2,1-5H3. The molecule has 0 aromatic heterocycles. The number of rotatable bonds is 6. The molecule has 0 saturated heterocycles. The van der Waals surface area contributed by atoms with Gasteiger partial charge in [0.15, 0.2) is 0 Å². The molecule has 0 aliphatic carbocycles. The molecule has 0 heterocycles. The Balaban J connectivity index is 3.01. The molecule has 0 radical (unpaired) electrons. The molecule has 1 aromatic rings. The summed E-state index contributed by atoms with van der Waals surface area (Å²) in [6.45, 7) is 8.62. The van der Waals surface area contributed by atoms with Crippen LogP contribution in [-0.2, 0) is 0 Å². The summed E-state index contributed by atoms with van der Waals surface area (Å²) in [5, 5.41) is 3.40. The summed E-state index contributed by atoms with van der Waals surface area (Å²) in [4.78, 5) is 0. The van der Waals surface area contributed by atoms with E-state index >= 15 is 0 Å². The number of hydrogen-bond donors (Lipinski definition) is 1. The molecule has 17 heavy (non-hydrogen) atoms. The highest BCUT2D eigenvalue weighted by Gasteiger charge is 2.19. The molecule has 2 heteroatoms. The molecule has 96 valence electrons. The van der Waals surface area contributed by atoms with Crippen LogP contribution in [0, 0.1) is 5.92 Å². The van der Waals surface area contributed by atoms with Crippen LogP contribution in [0.2, 0.25) is 0 Å². The molecule has 0 amide bonds. The minimum atomic E-state index is 0.214. The largest absolute Gasteiger partial charge is 0.491 e. The van der Waals surface area contributed by atoms with Crippen molar-refractivity contribution in [2.24, 2.45) is 5.92 Å². The first-order valence-electron chi connectivity index (χ1n) is 6.53. The Morgan fingerprint density at radius 3 is 2.35 bits per heavy atom. The normalized spacial score (nSPS) is 14.7. The van der Waals surface area contributed by atoms with Crippen LogP contribution in [0.4, 0.5) is 0 Å². The molecule has 2 atom stereocenters. The fraction of sp³-hybridized carbons (Fsp3) is 0.600. The SMILES string of the molecule is CCC(C)C(NC)c1ccccc1OC(C)C. The van der Waals surface area contributed by atoms with Crippen LogP contribution in [0.25, 0.3) is 0 Å². The molecule has 1 N–H and O–H groups in total.